The number of aryl methyl sites for hydroxylation is 2. The SMILES string of the molecule is Cc1nc(SCc2ccccc2)sc1C(=O)OC(C)CCn1cccn1. The van der Waals surface area contributed by atoms with E-state index in [1.54, 1.807) is 18.0 Å². The van der Waals surface area contributed by atoms with Crippen LogP contribution in [0.4, 0.5) is 0 Å². The number of carbonyl (C=O) groups is 1. The number of benzene rings is 1. The summed E-state index contributed by atoms with van der Waals surface area (Å²) in [7, 11) is 0. The van der Waals surface area contributed by atoms with E-state index >= 15 is 0 Å². The molecule has 0 fully saturated rings. The molecule has 0 saturated heterocycles. The molecule has 0 radical (unpaired) electrons. The highest BCUT2D eigenvalue weighted by Gasteiger charge is 2.19. The third kappa shape index (κ3) is 5.19. The summed E-state index contributed by atoms with van der Waals surface area (Å²) in [6.07, 6.45) is 4.19. The lowest BCUT2D eigenvalue weighted by Crippen LogP contribution is -2.17. The smallest absolute Gasteiger partial charge is 0.350 e. The lowest BCUT2D eigenvalue weighted by Gasteiger charge is -2.12. The van der Waals surface area contributed by atoms with E-state index in [-0.39, 0.29) is 12.1 Å². The molecule has 7 heteroatoms. The number of aromatic nitrogens is 3. The van der Waals surface area contributed by atoms with Gasteiger partial charge in [-0.15, -0.1) is 11.3 Å². The van der Waals surface area contributed by atoms with Crippen LogP contribution in [0, 0.1) is 6.92 Å². The summed E-state index contributed by atoms with van der Waals surface area (Å²) in [4.78, 5) is 17.5. The number of carbonyl (C=O) groups excluding carboxylic acids is 1. The second-order valence-corrected chi connectivity index (χ2v) is 8.16. The molecule has 0 amide bonds. The Hall–Kier alpha value is -2.12. The summed E-state index contributed by atoms with van der Waals surface area (Å²) in [5.74, 6) is 0.544. The van der Waals surface area contributed by atoms with E-state index in [1.807, 2.05) is 49.0 Å². The van der Waals surface area contributed by atoms with Gasteiger partial charge < -0.3 is 4.74 Å². The zero-order valence-corrected chi connectivity index (χ0v) is 16.4. The van der Waals surface area contributed by atoms with Crippen molar-refractivity contribution in [2.45, 2.75) is 43.0 Å². The predicted octanol–water partition coefficient (Wildman–Crippen LogP) is 4.58. The lowest BCUT2D eigenvalue weighted by atomic mass is 10.2. The molecule has 3 rings (SSSR count). The molecule has 0 bridgehead atoms. The van der Waals surface area contributed by atoms with Gasteiger partial charge in [-0.25, -0.2) is 9.78 Å². The van der Waals surface area contributed by atoms with E-state index in [4.69, 9.17) is 4.74 Å². The molecule has 5 nitrogen and oxygen atoms in total. The van der Waals surface area contributed by atoms with Crippen LogP contribution in [0.5, 0.6) is 0 Å². The molecular weight excluding hydrogens is 366 g/mol. The van der Waals surface area contributed by atoms with Gasteiger partial charge >= 0.3 is 5.97 Å². The minimum atomic E-state index is -0.292. The Morgan fingerprint density at radius 1 is 1.31 bits per heavy atom. The fraction of sp³-hybridized carbons (Fsp3) is 0.316. The number of rotatable bonds is 8. The average Bonchev–Trinajstić information content (AvgIpc) is 3.28. The summed E-state index contributed by atoms with van der Waals surface area (Å²) >= 11 is 3.05. The predicted molar refractivity (Wildman–Crippen MR) is 105 cm³/mol. The van der Waals surface area contributed by atoms with E-state index in [0.29, 0.717) is 4.88 Å². The first-order valence-corrected chi connectivity index (χ1v) is 10.2. The van der Waals surface area contributed by atoms with Crippen LogP contribution in [0.2, 0.25) is 0 Å². The van der Waals surface area contributed by atoms with Gasteiger partial charge in [-0.05, 0) is 25.5 Å². The molecule has 1 unspecified atom stereocenters. The van der Waals surface area contributed by atoms with Gasteiger partial charge in [-0.3, -0.25) is 4.68 Å². The van der Waals surface area contributed by atoms with Crippen molar-refractivity contribution < 1.29 is 9.53 Å². The van der Waals surface area contributed by atoms with Gasteiger partial charge in [0.1, 0.15) is 11.0 Å². The van der Waals surface area contributed by atoms with Gasteiger partial charge in [-0.2, -0.15) is 5.10 Å². The topological polar surface area (TPSA) is 57.0 Å². The molecule has 26 heavy (non-hydrogen) atoms. The molecule has 136 valence electrons. The first-order valence-electron chi connectivity index (χ1n) is 8.44. The van der Waals surface area contributed by atoms with Crippen molar-refractivity contribution in [2.75, 3.05) is 0 Å². The molecule has 0 aliphatic carbocycles. The van der Waals surface area contributed by atoms with Crippen molar-refractivity contribution in [2.24, 2.45) is 0 Å². The third-order valence-electron chi connectivity index (χ3n) is 3.80. The zero-order valence-electron chi connectivity index (χ0n) is 14.8. The largest absolute Gasteiger partial charge is 0.458 e. The number of hydrogen-bond acceptors (Lipinski definition) is 6. The Morgan fingerprint density at radius 2 is 2.12 bits per heavy atom. The molecule has 2 heterocycles. The molecule has 2 aromatic heterocycles. The number of esters is 1. The van der Waals surface area contributed by atoms with Crippen molar-refractivity contribution >= 4 is 29.1 Å². The maximum atomic E-state index is 12.4. The van der Waals surface area contributed by atoms with Gasteiger partial charge in [0, 0.05) is 31.1 Å². The first kappa shape index (κ1) is 18.7. The zero-order chi connectivity index (χ0) is 18.4. The van der Waals surface area contributed by atoms with Gasteiger partial charge in [0.2, 0.25) is 0 Å². The van der Waals surface area contributed by atoms with Crippen molar-refractivity contribution in [3.63, 3.8) is 0 Å². The fourth-order valence-corrected chi connectivity index (χ4v) is 4.41. The van der Waals surface area contributed by atoms with Gasteiger partial charge in [-0.1, -0.05) is 42.1 Å². The monoisotopic (exact) mass is 387 g/mol. The van der Waals surface area contributed by atoms with Crippen LogP contribution < -0.4 is 0 Å². The quantitative estimate of drug-likeness (QED) is 0.418. The van der Waals surface area contributed by atoms with Crippen LogP contribution in [0.1, 0.15) is 34.3 Å². The van der Waals surface area contributed by atoms with E-state index in [9.17, 15) is 4.79 Å². The van der Waals surface area contributed by atoms with Crippen LogP contribution in [0.15, 0.2) is 53.1 Å². The maximum Gasteiger partial charge on any atom is 0.350 e. The third-order valence-corrected chi connectivity index (χ3v) is 6.15. The number of thiazole rings is 1. The summed E-state index contributed by atoms with van der Waals surface area (Å²) in [6.45, 7) is 4.48. The fourth-order valence-electron chi connectivity index (χ4n) is 2.38. The standard InChI is InChI=1S/C19H21N3O2S2/c1-14(9-12-22-11-6-10-20-22)24-18(23)17-15(2)21-19(26-17)25-13-16-7-4-3-5-8-16/h3-8,10-11,14H,9,12-13H2,1-2H3. The Balaban J connectivity index is 1.53. The highest BCUT2D eigenvalue weighted by Crippen LogP contribution is 2.30. The Morgan fingerprint density at radius 3 is 2.85 bits per heavy atom. The second kappa shape index (κ2) is 9.00. The summed E-state index contributed by atoms with van der Waals surface area (Å²) in [5, 5.41) is 4.15. The molecule has 0 N–H and O–H groups in total. The van der Waals surface area contributed by atoms with E-state index in [0.717, 1.165) is 28.8 Å². The molecule has 0 saturated carbocycles. The number of ether oxygens (including phenoxy) is 1. The Bertz CT molecular complexity index is 832. The maximum absolute atomic E-state index is 12.4. The summed E-state index contributed by atoms with van der Waals surface area (Å²) in [5.41, 5.74) is 1.97. The highest BCUT2D eigenvalue weighted by atomic mass is 32.2. The molecule has 0 aliphatic heterocycles. The van der Waals surface area contributed by atoms with Crippen molar-refractivity contribution in [1.82, 2.24) is 14.8 Å². The second-order valence-electron chi connectivity index (χ2n) is 5.94. The molecular formula is C19H21N3O2S2. The average molecular weight is 388 g/mol. The Kier molecular flexibility index (Phi) is 6.46. The molecule has 0 spiro atoms. The van der Waals surface area contributed by atoms with Crippen LogP contribution in [0.25, 0.3) is 0 Å². The van der Waals surface area contributed by atoms with Crippen molar-refractivity contribution in [3.05, 3.63) is 64.9 Å². The molecule has 1 aromatic carbocycles. The minimum absolute atomic E-state index is 0.173. The number of hydrogen-bond donors (Lipinski definition) is 0. The van der Waals surface area contributed by atoms with E-state index in [1.165, 1.54) is 16.9 Å². The van der Waals surface area contributed by atoms with E-state index < -0.39 is 0 Å². The minimum Gasteiger partial charge on any atom is -0.458 e. The van der Waals surface area contributed by atoms with Crippen LogP contribution in [-0.2, 0) is 17.0 Å². The van der Waals surface area contributed by atoms with Gasteiger partial charge in [0.05, 0.1) is 5.69 Å². The van der Waals surface area contributed by atoms with Crippen LogP contribution in [-0.4, -0.2) is 26.8 Å². The van der Waals surface area contributed by atoms with Gasteiger partial charge in [0.25, 0.3) is 0 Å². The molecule has 0 aliphatic rings. The molecule has 3 aromatic rings. The molecule has 1 atom stereocenters. The van der Waals surface area contributed by atoms with Crippen LogP contribution in [0.3, 0.4) is 0 Å². The summed E-state index contributed by atoms with van der Waals surface area (Å²) < 4.78 is 8.30. The number of thioether (sulfide) groups is 1. The van der Waals surface area contributed by atoms with E-state index in [2.05, 4.69) is 22.2 Å². The van der Waals surface area contributed by atoms with Gasteiger partial charge in [0.15, 0.2) is 4.34 Å². The number of nitrogens with zero attached hydrogens (tertiary/aromatic N) is 3. The summed E-state index contributed by atoms with van der Waals surface area (Å²) in [6, 6.07) is 12.1. The van der Waals surface area contributed by atoms with Crippen molar-refractivity contribution in [1.29, 1.82) is 0 Å². The van der Waals surface area contributed by atoms with Crippen LogP contribution >= 0.6 is 23.1 Å². The normalized spacial score (nSPS) is 12.1. The highest BCUT2D eigenvalue weighted by molar-refractivity contribution is 8.00. The lowest BCUT2D eigenvalue weighted by molar-refractivity contribution is 0.0318. The Labute approximate surface area is 161 Å². The first-order chi connectivity index (χ1) is 12.6. The van der Waals surface area contributed by atoms with Crippen molar-refractivity contribution in [3.8, 4) is 0 Å².